The normalized spacial score (nSPS) is 10.9. The van der Waals surface area contributed by atoms with Crippen molar-refractivity contribution in [2.75, 3.05) is 0 Å². The maximum atomic E-state index is 10.3. The van der Waals surface area contributed by atoms with Gasteiger partial charge in [-0.25, -0.2) is 0 Å². The fraction of sp³-hybridized carbons (Fsp3) is 0.308. The van der Waals surface area contributed by atoms with Gasteiger partial charge in [0.25, 0.3) is 0 Å². The summed E-state index contributed by atoms with van der Waals surface area (Å²) in [7, 11) is 0. The standard InChI is InChI=1S/C13H16O2/c1-9-7-11(3)12(8-10(9)2)5-4-6-13(14)15/h4-5,7-8H,6H2,1-3H3,(H,14,15)/b5-4+. The predicted octanol–water partition coefficient (Wildman–Crippen LogP) is 3.10. The van der Waals surface area contributed by atoms with Crippen molar-refractivity contribution in [3.8, 4) is 0 Å². The fourth-order valence-electron chi connectivity index (χ4n) is 1.45. The number of benzene rings is 1. The molecule has 80 valence electrons. The fourth-order valence-corrected chi connectivity index (χ4v) is 1.45. The van der Waals surface area contributed by atoms with Crippen LogP contribution in [0.4, 0.5) is 0 Å². The second kappa shape index (κ2) is 4.78. The van der Waals surface area contributed by atoms with Crippen LogP contribution in [-0.2, 0) is 4.79 Å². The van der Waals surface area contributed by atoms with Crippen LogP contribution in [0.1, 0.15) is 28.7 Å². The van der Waals surface area contributed by atoms with Gasteiger partial charge in [-0.3, -0.25) is 4.79 Å². The van der Waals surface area contributed by atoms with E-state index in [9.17, 15) is 4.79 Å². The molecule has 1 rings (SSSR count). The molecule has 1 aromatic rings. The first-order valence-electron chi connectivity index (χ1n) is 4.97. The molecule has 0 bridgehead atoms. The van der Waals surface area contributed by atoms with Crippen LogP contribution < -0.4 is 0 Å². The third-order valence-corrected chi connectivity index (χ3v) is 2.47. The molecule has 0 fully saturated rings. The number of carbonyl (C=O) groups is 1. The van der Waals surface area contributed by atoms with Crippen molar-refractivity contribution in [3.63, 3.8) is 0 Å². The van der Waals surface area contributed by atoms with Gasteiger partial charge in [0.1, 0.15) is 0 Å². The molecule has 1 aromatic carbocycles. The van der Waals surface area contributed by atoms with Crippen LogP contribution in [0, 0.1) is 20.8 Å². The number of hydrogen-bond donors (Lipinski definition) is 1. The van der Waals surface area contributed by atoms with Crippen molar-refractivity contribution < 1.29 is 9.90 Å². The molecule has 0 aliphatic rings. The highest BCUT2D eigenvalue weighted by atomic mass is 16.4. The summed E-state index contributed by atoms with van der Waals surface area (Å²) >= 11 is 0. The van der Waals surface area contributed by atoms with E-state index in [4.69, 9.17) is 5.11 Å². The van der Waals surface area contributed by atoms with E-state index in [-0.39, 0.29) is 6.42 Å². The van der Waals surface area contributed by atoms with Crippen molar-refractivity contribution in [1.29, 1.82) is 0 Å². The number of aliphatic carboxylic acids is 1. The van der Waals surface area contributed by atoms with Gasteiger partial charge in [0, 0.05) is 0 Å². The Balaban J connectivity index is 2.90. The van der Waals surface area contributed by atoms with Gasteiger partial charge in [0.15, 0.2) is 0 Å². The van der Waals surface area contributed by atoms with E-state index in [2.05, 4.69) is 26.0 Å². The van der Waals surface area contributed by atoms with Crippen molar-refractivity contribution >= 4 is 12.0 Å². The minimum Gasteiger partial charge on any atom is -0.481 e. The third-order valence-electron chi connectivity index (χ3n) is 2.47. The lowest BCUT2D eigenvalue weighted by molar-refractivity contribution is -0.135. The molecule has 0 aromatic heterocycles. The summed E-state index contributed by atoms with van der Waals surface area (Å²) in [5.74, 6) is -0.798. The first kappa shape index (κ1) is 11.5. The van der Waals surface area contributed by atoms with Crippen LogP contribution in [0.3, 0.4) is 0 Å². The lowest BCUT2D eigenvalue weighted by Gasteiger charge is -2.05. The molecule has 0 heterocycles. The monoisotopic (exact) mass is 204 g/mol. The Kier molecular flexibility index (Phi) is 3.67. The largest absolute Gasteiger partial charge is 0.481 e. The van der Waals surface area contributed by atoms with Crippen molar-refractivity contribution in [2.45, 2.75) is 27.2 Å². The van der Waals surface area contributed by atoms with E-state index < -0.39 is 5.97 Å². The minimum absolute atomic E-state index is 0.0758. The number of carboxylic acids is 1. The van der Waals surface area contributed by atoms with Crippen molar-refractivity contribution in [3.05, 3.63) is 40.5 Å². The highest BCUT2D eigenvalue weighted by Gasteiger charge is 1.98. The van der Waals surface area contributed by atoms with Crippen LogP contribution in [0.2, 0.25) is 0 Å². The summed E-state index contributed by atoms with van der Waals surface area (Å²) in [5.41, 5.74) is 4.78. The van der Waals surface area contributed by atoms with Crippen LogP contribution in [0.25, 0.3) is 6.08 Å². The Morgan fingerprint density at radius 2 is 1.80 bits per heavy atom. The van der Waals surface area contributed by atoms with E-state index >= 15 is 0 Å². The quantitative estimate of drug-likeness (QED) is 0.821. The van der Waals surface area contributed by atoms with E-state index in [1.54, 1.807) is 6.08 Å². The lowest BCUT2D eigenvalue weighted by atomic mass is 10.0. The molecule has 15 heavy (non-hydrogen) atoms. The van der Waals surface area contributed by atoms with Gasteiger partial charge >= 0.3 is 5.97 Å². The molecule has 0 saturated heterocycles. The van der Waals surface area contributed by atoms with E-state index in [0.717, 1.165) is 5.56 Å². The zero-order chi connectivity index (χ0) is 11.4. The molecule has 0 saturated carbocycles. The highest BCUT2D eigenvalue weighted by Crippen LogP contribution is 2.16. The Hall–Kier alpha value is -1.57. The van der Waals surface area contributed by atoms with Crippen LogP contribution >= 0.6 is 0 Å². The van der Waals surface area contributed by atoms with Gasteiger partial charge < -0.3 is 5.11 Å². The van der Waals surface area contributed by atoms with Crippen LogP contribution in [0.15, 0.2) is 18.2 Å². The molecule has 0 aliphatic heterocycles. The molecule has 0 spiro atoms. The Bertz CT molecular complexity index is 403. The summed E-state index contributed by atoms with van der Waals surface area (Å²) in [4.78, 5) is 10.3. The summed E-state index contributed by atoms with van der Waals surface area (Å²) in [6, 6.07) is 4.21. The van der Waals surface area contributed by atoms with E-state index in [0.29, 0.717) is 0 Å². The van der Waals surface area contributed by atoms with E-state index in [1.165, 1.54) is 16.7 Å². The zero-order valence-corrected chi connectivity index (χ0v) is 9.37. The number of carboxylic acid groups (broad SMARTS) is 1. The molecule has 0 atom stereocenters. The van der Waals surface area contributed by atoms with Gasteiger partial charge in [-0.05, 0) is 43.0 Å². The first-order valence-corrected chi connectivity index (χ1v) is 4.97. The van der Waals surface area contributed by atoms with Gasteiger partial charge in [-0.2, -0.15) is 0 Å². The first-order chi connectivity index (χ1) is 7.00. The minimum atomic E-state index is -0.798. The second-order valence-electron chi connectivity index (χ2n) is 3.79. The summed E-state index contributed by atoms with van der Waals surface area (Å²) in [6.07, 6.45) is 3.63. The summed E-state index contributed by atoms with van der Waals surface area (Å²) in [5, 5.41) is 8.51. The van der Waals surface area contributed by atoms with Gasteiger partial charge in [-0.15, -0.1) is 0 Å². The second-order valence-corrected chi connectivity index (χ2v) is 3.79. The Morgan fingerprint density at radius 1 is 1.20 bits per heavy atom. The summed E-state index contributed by atoms with van der Waals surface area (Å²) < 4.78 is 0. The molecule has 0 radical (unpaired) electrons. The van der Waals surface area contributed by atoms with Crippen molar-refractivity contribution in [1.82, 2.24) is 0 Å². The van der Waals surface area contributed by atoms with Gasteiger partial charge in [0.05, 0.1) is 6.42 Å². The molecule has 2 heteroatoms. The molecular formula is C13H16O2. The van der Waals surface area contributed by atoms with Crippen LogP contribution in [0.5, 0.6) is 0 Å². The number of hydrogen-bond acceptors (Lipinski definition) is 1. The topological polar surface area (TPSA) is 37.3 Å². The van der Waals surface area contributed by atoms with Gasteiger partial charge in [0.2, 0.25) is 0 Å². The van der Waals surface area contributed by atoms with Gasteiger partial charge in [-0.1, -0.05) is 24.3 Å². The molecule has 1 N–H and O–H groups in total. The molecule has 0 unspecified atom stereocenters. The SMILES string of the molecule is Cc1cc(C)c(/C=C/CC(=O)O)cc1C. The maximum absolute atomic E-state index is 10.3. The maximum Gasteiger partial charge on any atom is 0.307 e. The average molecular weight is 204 g/mol. The predicted molar refractivity (Wildman–Crippen MR) is 61.9 cm³/mol. The molecule has 0 aliphatic carbocycles. The third kappa shape index (κ3) is 3.24. The van der Waals surface area contributed by atoms with E-state index in [1.807, 2.05) is 13.0 Å². The summed E-state index contributed by atoms with van der Waals surface area (Å²) in [6.45, 7) is 6.17. The molecular weight excluding hydrogens is 188 g/mol. The smallest absolute Gasteiger partial charge is 0.307 e. The number of rotatable bonds is 3. The Labute approximate surface area is 90.3 Å². The number of aryl methyl sites for hydroxylation is 3. The van der Waals surface area contributed by atoms with Crippen LogP contribution in [-0.4, -0.2) is 11.1 Å². The lowest BCUT2D eigenvalue weighted by Crippen LogP contribution is -1.91. The average Bonchev–Trinajstić information content (AvgIpc) is 2.13. The molecule has 0 amide bonds. The molecule has 2 nitrogen and oxygen atoms in total. The Morgan fingerprint density at radius 3 is 2.40 bits per heavy atom. The zero-order valence-electron chi connectivity index (χ0n) is 9.37. The highest BCUT2D eigenvalue weighted by molar-refractivity contribution is 5.70. The van der Waals surface area contributed by atoms with Crippen molar-refractivity contribution in [2.24, 2.45) is 0 Å².